The van der Waals surface area contributed by atoms with Gasteiger partial charge in [0, 0.05) is 22.3 Å². The quantitative estimate of drug-likeness (QED) is 0.130. The highest BCUT2D eigenvalue weighted by Gasteiger charge is 2.46. The lowest BCUT2D eigenvalue weighted by molar-refractivity contribution is 0.768. The molecule has 13 aromatic carbocycles. The first-order chi connectivity index (χ1) is 36.7. The molecule has 74 heavy (non-hydrogen) atoms. The van der Waals surface area contributed by atoms with Gasteiger partial charge >= 0.3 is 0 Å². The lowest BCUT2D eigenvalue weighted by Crippen LogP contribution is -2.28. The number of hydrogen-bond acceptors (Lipinski definition) is 1. The Morgan fingerprint density at radius 2 is 0.703 bits per heavy atom. The SMILES string of the molecule is c1ccc(-c2cc(-c3ccccc3)cc(-c3ccc(N(c4cccc(C5(c6ccccc6)c6ccccc6-c6ccccc65)c4)c4c(-c5ccc6ccccc6c5)c5ccccc5c5ccccc45)cc3)c2)cc1. The summed E-state index contributed by atoms with van der Waals surface area (Å²) < 4.78 is 0. The average Bonchev–Trinajstić information content (AvgIpc) is 3.80. The summed E-state index contributed by atoms with van der Waals surface area (Å²) >= 11 is 0. The minimum atomic E-state index is -0.577. The number of anilines is 3. The minimum Gasteiger partial charge on any atom is -0.309 e. The fourth-order valence-corrected chi connectivity index (χ4v) is 12.2. The molecule has 0 saturated carbocycles. The van der Waals surface area contributed by atoms with Gasteiger partial charge in [-0.2, -0.15) is 0 Å². The van der Waals surface area contributed by atoms with Gasteiger partial charge in [0.05, 0.1) is 11.1 Å². The zero-order chi connectivity index (χ0) is 49.0. The molecule has 1 aliphatic carbocycles. The molecule has 0 aromatic heterocycles. The first-order valence-corrected chi connectivity index (χ1v) is 25.7. The van der Waals surface area contributed by atoms with Gasteiger partial charge in [0.2, 0.25) is 0 Å². The van der Waals surface area contributed by atoms with Gasteiger partial charge in [-0.15, -0.1) is 0 Å². The maximum absolute atomic E-state index is 2.55. The van der Waals surface area contributed by atoms with Gasteiger partial charge in [0.25, 0.3) is 0 Å². The molecular formula is C73H49N. The van der Waals surface area contributed by atoms with Crippen molar-refractivity contribution in [2.75, 3.05) is 4.90 Å². The molecule has 0 aliphatic heterocycles. The summed E-state index contributed by atoms with van der Waals surface area (Å²) in [4.78, 5) is 2.55. The van der Waals surface area contributed by atoms with Crippen molar-refractivity contribution >= 4 is 49.4 Å². The predicted octanol–water partition coefficient (Wildman–Crippen LogP) is 19.6. The van der Waals surface area contributed by atoms with Crippen LogP contribution in [-0.2, 0) is 5.41 Å². The summed E-state index contributed by atoms with van der Waals surface area (Å²) in [5, 5.41) is 7.26. The summed E-state index contributed by atoms with van der Waals surface area (Å²) in [5.41, 5.74) is 19.7. The van der Waals surface area contributed by atoms with Crippen molar-refractivity contribution < 1.29 is 0 Å². The van der Waals surface area contributed by atoms with Crippen LogP contribution in [0, 0.1) is 0 Å². The highest BCUT2D eigenvalue weighted by molar-refractivity contribution is 6.23. The Morgan fingerprint density at radius 3 is 1.32 bits per heavy atom. The lowest BCUT2D eigenvalue weighted by Gasteiger charge is -2.36. The molecule has 0 saturated heterocycles. The normalized spacial score (nSPS) is 12.4. The monoisotopic (exact) mass is 939 g/mol. The van der Waals surface area contributed by atoms with Gasteiger partial charge in [-0.1, -0.05) is 249 Å². The summed E-state index contributed by atoms with van der Waals surface area (Å²) in [6, 6.07) is 110. The Labute approximate surface area is 432 Å². The topological polar surface area (TPSA) is 3.24 Å². The largest absolute Gasteiger partial charge is 0.309 e. The van der Waals surface area contributed by atoms with Crippen molar-refractivity contribution in [3.63, 3.8) is 0 Å². The molecule has 0 unspecified atom stereocenters. The third kappa shape index (κ3) is 7.08. The Balaban J connectivity index is 1.05. The summed E-state index contributed by atoms with van der Waals surface area (Å²) in [7, 11) is 0. The molecule has 0 atom stereocenters. The molecule has 0 radical (unpaired) electrons. The molecule has 0 spiro atoms. The van der Waals surface area contributed by atoms with E-state index in [0.717, 1.165) is 22.6 Å². The first kappa shape index (κ1) is 43.2. The van der Waals surface area contributed by atoms with Crippen molar-refractivity contribution in [1.82, 2.24) is 0 Å². The smallest absolute Gasteiger partial charge is 0.0714 e. The molecule has 1 heteroatoms. The molecule has 0 N–H and O–H groups in total. The molecule has 0 fully saturated rings. The fourth-order valence-electron chi connectivity index (χ4n) is 12.2. The van der Waals surface area contributed by atoms with Crippen molar-refractivity contribution in [1.29, 1.82) is 0 Å². The molecule has 1 nitrogen and oxygen atoms in total. The second-order valence-corrected chi connectivity index (χ2v) is 19.5. The Bertz CT molecular complexity index is 4130. The number of benzene rings is 13. The average molecular weight is 940 g/mol. The van der Waals surface area contributed by atoms with Crippen LogP contribution in [0.5, 0.6) is 0 Å². The molecule has 0 heterocycles. The summed E-state index contributed by atoms with van der Waals surface area (Å²) in [5.74, 6) is 0. The van der Waals surface area contributed by atoms with Gasteiger partial charge in [0.15, 0.2) is 0 Å². The van der Waals surface area contributed by atoms with E-state index in [0.29, 0.717) is 0 Å². The van der Waals surface area contributed by atoms with Crippen LogP contribution in [0.25, 0.3) is 88.0 Å². The van der Waals surface area contributed by atoms with E-state index in [2.05, 4.69) is 302 Å². The van der Waals surface area contributed by atoms with E-state index in [4.69, 9.17) is 0 Å². The maximum Gasteiger partial charge on any atom is 0.0714 e. The molecule has 346 valence electrons. The van der Waals surface area contributed by atoms with E-state index in [9.17, 15) is 0 Å². The zero-order valence-electron chi connectivity index (χ0n) is 40.7. The van der Waals surface area contributed by atoms with Gasteiger partial charge in [-0.3, -0.25) is 0 Å². The second kappa shape index (κ2) is 17.9. The van der Waals surface area contributed by atoms with Crippen molar-refractivity contribution in [3.05, 3.63) is 320 Å². The number of rotatable bonds is 9. The van der Waals surface area contributed by atoms with E-state index in [-0.39, 0.29) is 0 Å². The molecule has 0 bridgehead atoms. The van der Waals surface area contributed by atoms with Crippen LogP contribution in [0.15, 0.2) is 297 Å². The Morgan fingerprint density at radius 1 is 0.243 bits per heavy atom. The third-order valence-electron chi connectivity index (χ3n) is 15.5. The molecule has 14 rings (SSSR count). The van der Waals surface area contributed by atoms with Crippen LogP contribution in [-0.4, -0.2) is 0 Å². The molecule has 13 aromatic rings. The summed E-state index contributed by atoms with van der Waals surface area (Å²) in [6.07, 6.45) is 0. The van der Waals surface area contributed by atoms with Crippen LogP contribution in [0.4, 0.5) is 17.1 Å². The number of hydrogen-bond donors (Lipinski definition) is 0. The van der Waals surface area contributed by atoms with Crippen molar-refractivity contribution in [2.45, 2.75) is 5.41 Å². The highest BCUT2D eigenvalue weighted by atomic mass is 15.1. The van der Waals surface area contributed by atoms with E-state index >= 15 is 0 Å². The van der Waals surface area contributed by atoms with Gasteiger partial charge < -0.3 is 4.90 Å². The van der Waals surface area contributed by atoms with E-state index in [1.807, 2.05) is 0 Å². The fraction of sp³-hybridized carbons (Fsp3) is 0.0137. The Hall–Kier alpha value is -9.56. The lowest BCUT2D eigenvalue weighted by atomic mass is 9.67. The standard InChI is InChI=1S/C73H49N/c1-4-21-50(22-5-1)56-46-57(51-23-6-2-7-24-51)48-58(47-56)53-41-43-61(44-42-53)74(72-68-36-15-13-32-64(68)63-31-12-14-35-67(63)71(72)55-40-39-52-25-10-11-26-54(52)45-55)62-30-20-29-60(49-62)73(59-27-8-3-9-28-59)69-37-18-16-33-65(69)66-34-17-19-38-70(66)73/h1-49H. The maximum atomic E-state index is 2.55. The summed E-state index contributed by atoms with van der Waals surface area (Å²) in [6.45, 7) is 0. The Kier molecular flexibility index (Phi) is 10.5. The van der Waals surface area contributed by atoms with Gasteiger partial charge in [-0.05, 0) is 148 Å². The number of nitrogens with zero attached hydrogens (tertiary/aromatic N) is 1. The van der Waals surface area contributed by atoms with Crippen LogP contribution >= 0.6 is 0 Å². The molecule has 0 amide bonds. The van der Waals surface area contributed by atoms with Crippen molar-refractivity contribution in [2.24, 2.45) is 0 Å². The van der Waals surface area contributed by atoms with Gasteiger partial charge in [0.1, 0.15) is 0 Å². The van der Waals surface area contributed by atoms with Crippen LogP contribution in [0.2, 0.25) is 0 Å². The zero-order valence-corrected chi connectivity index (χ0v) is 40.7. The highest BCUT2D eigenvalue weighted by Crippen LogP contribution is 2.57. The molecule has 1 aliphatic rings. The van der Waals surface area contributed by atoms with Crippen LogP contribution in [0.1, 0.15) is 22.3 Å². The molecular weight excluding hydrogens is 891 g/mol. The number of fused-ring (bicyclic) bond motifs is 7. The minimum absolute atomic E-state index is 0.577. The van der Waals surface area contributed by atoms with Crippen LogP contribution in [0.3, 0.4) is 0 Å². The third-order valence-corrected chi connectivity index (χ3v) is 15.5. The van der Waals surface area contributed by atoms with Gasteiger partial charge in [-0.25, -0.2) is 0 Å². The van der Waals surface area contributed by atoms with E-state index in [1.54, 1.807) is 0 Å². The van der Waals surface area contributed by atoms with Crippen LogP contribution < -0.4 is 4.90 Å². The first-order valence-electron chi connectivity index (χ1n) is 25.7. The van der Waals surface area contributed by atoms with E-state index in [1.165, 1.54) is 105 Å². The predicted molar refractivity (Wildman–Crippen MR) is 313 cm³/mol. The van der Waals surface area contributed by atoms with Crippen molar-refractivity contribution in [3.8, 4) is 55.6 Å². The second-order valence-electron chi connectivity index (χ2n) is 19.5. The van der Waals surface area contributed by atoms with E-state index < -0.39 is 5.41 Å².